The molecule has 0 aromatic heterocycles. The Balaban J connectivity index is 2.32. The Bertz CT molecular complexity index is 639. The molecule has 104 valence electrons. The molecule has 0 aliphatic heterocycles. The largest absolute Gasteiger partial charge is 0.457 e. The summed E-state index contributed by atoms with van der Waals surface area (Å²) < 4.78 is 5.73. The van der Waals surface area contributed by atoms with Gasteiger partial charge in [0.2, 0.25) is 0 Å². The molecule has 5 heteroatoms. The number of non-ortho nitro benzene ring substituents is 1. The SMILES string of the molecule is Cc1ccc([N+](=O)[O-])cc1Oc1cccc(C(C)N)c1. The summed E-state index contributed by atoms with van der Waals surface area (Å²) >= 11 is 0. The van der Waals surface area contributed by atoms with E-state index in [2.05, 4.69) is 0 Å². The summed E-state index contributed by atoms with van der Waals surface area (Å²) in [5.74, 6) is 1.09. The number of nitro benzene ring substituents is 1. The summed E-state index contributed by atoms with van der Waals surface area (Å²) in [5.41, 5.74) is 7.62. The van der Waals surface area contributed by atoms with Crippen molar-refractivity contribution in [3.8, 4) is 11.5 Å². The molecule has 0 saturated heterocycles. The van der Waals surface area contributed by atoms with E-state index in [1.807, 2.05) is 32.0 Å². The number of hydrogen-bond donors (Lipinski definition) is 1. The van der Waals surface area contributed by atoms with E-state index in [1.54, 1.807) is 12.1 Å². The van der Waals surface area contributed by atoms with Gasteiger partial charge in [-0.15, -0.1) is 0 Å². The van der Waals surface area contributed by atoms with Gasteiger partial charge < -0.3 is 10.5 Å². The van der Waals surface area contributed by atoms with Crippen molar-refractivity contribution >= 4 is 5.69 Å². The molecule has 2 aromatic rings. The summed E-state index contributed by atoms with van der Waals surface area (Å²) in [6.45, 7) is 3.73. The van der Waals surface area contributed by atoms with E-state index < -0.39 is 4.92 Å². The van der Waals surface area contributed by atoms with Gasteiger partial charge in [0.05, 0.1) is 11.0 Å². The lowest BCUT2D eigenvalue weighted by Gasteiger charge is -2.11. The van der Waals surface area contributed by atoms with E-state index in [9.17, 15) is 10.1 Å². The number of aryl methyl sites for hydroxylation is 1. The monoisotopic (exact) mass is 272 g/mol. The number of rotatable bonds is 4. The first-order valence-electron chi connectivity index (χ1n) is 6.26. The predicted octanol–water partition coefficient (Wildman–Crippen LogP) is 3.72. The summed E-state index contributed by atoms with van der Waals surface area (Å²) in [4.78, 5) is 10.4. The van der Waals surface area contributed by atoms with Crippen LogP contribution < -0.4 is 10.5 Å². The van der Waals surface area contributed by atoms with Crippen LogP contribution in [0.25, 0.3) is 0 Å². The maximum atomic E-state index is 10.8. The molecule has 20 heavy (non-hydrogen) atoms. The molecule has 1 atom stereocenters. The Morgan fingerprint density at radius 3 is 2.65 bits per heavy atom. The fourth-order valence-electron chi connectivity index (χ4n) is 1.80. The highest BCUT2D eigenvalue weighted by Gasteiger charge is 2.11. The molecule has 5 nitrogen and oxygen atoms in total. The third-order valence-electron chi connectivity index (χ3n) is 2.99. The first kappa shape index (κ1) is 14.0. The summed E-state index contributed by atoms with van der Waals surface area (Å²) in [5, 5.41) is 10.8. The molecule has 2 aromatic carbocycles. The highest BCUT2D eigenvalue weighted by molar-refractivity contribution is 5.46. The van der Waals surface area contributed by atoms with Gasteiger partial charge in [-0.25, -0.2) is 0 Å². The molecule has 0 fully saturated rings. The number of nitrogens with zero attached hydrogens (tertiary/aromatic N) is 1. The van der Waals surface area contributed by atoms with Crippen LogP contribution in [0, 0.1) is 17.0 Å². The highest BCUT2D eigenvalue weighted by atomic mass is 16.6. The molecule has 0 aliphatic rings. The fraction of sp³-hybridized carbons (Fsp3) is 0.200. The Morgan fingerprint density at radius 2 is 2.00 bits per heavy atom. The second kappa shape index (κ2) is 5.71. The summed E-state index contributed by atoms with van der Waals surface area (Å²) in [6, 6.07) is 11.9. The fourth-order valence-corrected chi connectivity index (χ4v) is 1.80. The zero-order valence-corrected chi connectivity index (χ0v) is 11.4. The van der Waals surface area contributed by atoms with Crippen molar-refractivity contribution in [1.82, 2.24) is 0 Å². The van der Waals surface area contributed by atoms with Gasteiger partial charge in [-0.2, -0.15) is 0 Å². The topological polar surface area (TPSA) is 78.4 Å². The van der Waals surface area contributed by atoms with Crippen molar-refractivity contribution in [3.05, 3.63) is 63.7 Å². The molecule has 0 aliphatic carbocycles. The predicted molar refractivity (Wildman–Crippen MR) is 77.0 cm³/mol. The zero-order chi connectivity index (χ0) is 14.7. The number of ether oxygens (including phenoxy) is 1. The molecule has 2 N–H and O–H groups in total. The molecule has 0 bridgehead atoms. The van der Waals surface area contributed by atoms with E-state index in [4.69, 9.17) is 10.5 Å². The Hall–Kier alpha value is -2.40. The van der Waals surface area contributed by atoms with E-state index in [0.717, 1.165) is 11.1 Å². The van der Waals surface area contributed by atoms with Crippen LogP contribution in [0.4, 0.5) is 5.69 Å². The van der Waals surface area contributed by atoms with Gasteiger partial charge in [0.25, 0.3) is 5.69 Å². The molecule has 2 rings (SSSR count). The average molecular weight is 272 g/mol. The summed E-state index contributed by atoms with van der Waals surface area (Å²) in [7, 11) is 0. The zero-order valence-electron chi connectivity index (χ0n) is 11.4. The van der Waals surface area contributed by atoms with Gasteiger partial charge in [-0.05, 0) is 43.2 Å². The van der Waals surface area contributed by atoms with Crippen LogP contribution in [0.5, 0.6) is 11.5 Å². The minimum absolute atomic E-state index is 0.00828. The van der Waals surface area contributed by atoms with Crippen LogP contribution in [0.1, 0.15) is 24.1 Å². The van der Waals surface area contributed by atoms with Crippen molar-refractivity contribution in [2.24, 2.45) is 5.73 Å². The van der Waals surface area contributed by atoms with Gasteiger partial charge in [0.1, 0.15) is 11.5 Å². The average Bonchev–Trinajstić information content (AvgIpc) is 2.41. The van der Waals surface area contributed by atoms with E-state index in [0.29, 0.717) is 11.5 Å². The molecule has 0 amide bonds. The summed E-state index contributed by atoms with van der Waals surface area (Å²) in [6.07, 6.45) is 0. The third-order valence-corrected chi connectivity index (χ3v) is 2.99. The first-order valence-corrected chi connectivity index (χ1v) is 6.26. The standard InChI is InChI=1S/C15H16N2O3/c1-10-6-7-13(17(18)19)9-15(10)20-14-5-3-4-12(8-14)11(2)16/h3-9,11H,16H2,1-2H3. The van der Waals surface area contributed by atoms with Crippen molar-refractivity contribution in [2.45, 2.75) is 19.9 Å². The van der Waals surface area contributed by atoms with Crippen molar-refractivity contribution in [3.63, 3.8) is 0 Å². The lowest BCUT2D eigenvalue weighted by atomic mass is 10.1. The number of nitrogens with two attached hydrogens (primary N) is 1. The van der Waals surface area contributed by atoms with Gasteiger partial charge in [0, 0.05) is 12.1 Å². The molecule has 0 spiro atoms. The lowest BCUT2D eigenvalue weighted by molar-refractivity contribution is -0.384. The number of hydrogen-bond acceptors (Lipinski definition) is 4. The van der Waals surface area contributed by atoms with Gasteiger partial charge in [-0.3, -0.25) is 10.1 Å². The molecule has 1 unspecified atom stereocenters. The van der Waals surface area contributed by atoms with Crippen molar-refractivity contribution in [1.29, 1.82) is 0 Å². The minimum atomic E-state index is -0.440. The Kier molecular flexibility index (Phi) is 4.00. The normalized spacial score (nSPS) is 11.9. The maximum Gasteiger partial charge on any atom is 0.273 e. The second-order valence-electron chi connectivity index (χ2n) is 4.67. The minimum Gasteiger partial charge on any atom is -0.457 e. The van der Waals surface area contributed by atoms with E-state index in [-0.39, 0.29) is 11.7 Å². The van der Waals surface area contributed by atoms with E-state index >= 15 is 0 Å². The lowest BCUT2D eigenvalue weighted by Crippen LogP contribution is -2.04. The first-order chi connectivity index (χ1) is 9.47. The molecule has 0 saturated carbocycles. The van der Waals surface area contributed by atoms with Crippen LogP contribution in [0.2, 0.25) is 0 Å². The molecule has 0 radical (unpaired) electrons. The smallest absolute Gasteiger partial charge is 0.273 e. The van der Waals surface area contributed by atoms with Gasteiger partial charge >= 0.3 is 0 Å². The highest BCUT2D eigenvalue weighted by Crippen LogP contribution is 2.29. The Labute approximate surface area is 117 Å². The number of benzene rings is 2. The van der Waals surface area contributed by atoms with Crippen LogP contribution in [0.15, 0.2) is 42.5 Å². The van der Waals surface area contributed by atoms with Crippen molar-refractivity contribution in [2.75, 3.05) is 0 Å². The van der Waals surface area contributed by atoms with Crippen LogP contribution in [-0.2, 0) is 0 Å². The quantitative estimate of drug-likeness (QED) is 0.679. The third kappa shape index (κ3) is 3.13. The second-order valence-corrected chi connectivity index (χ2v) is 4.67. The van der Waals surface area contributed by atoms with Crippen LogP contribution in [-0.4, -0.2) is 4.92 Å². The van der Waals surface area contributed by atoms with Crippen LogP contribution in [0.3, 0.4) is 0 Å². The molecular weight excluding hydrogens is 256 g/mol. The molecule has 0 heterocycles. The van der Waals surface area contributed by atoms with Crippen LogP contribution >= 0.6 is 0 Å². The van der Waals surface area contributed by atoms with Crippen molar-refractivity contribution < 1.29 is 9.66 Å². The Morgan fingerprint density at radius 1 is 1.25 bits per heavy atom. The maximum absolute atomic E-state index is 10.8. The van der Waals surface area contributed by atoms with E-state index in [1.165, 1.54) is 12.1 Å². The van der Waals surface area contributed by atoms with Gasteiger partial charge in [-0.1, -0.05) is 12.1 Å². The van der Waals surface area contributed by atoms with Gasteiger partial charge in [0.15, 0.2) is 0 Å². The number of nitro groups is 1. The molecular formula is C15H16N2O3.